The zero-order chi connectivity index (χ0) is 27.9. The molecule has 12 heteroatoms. The van der Waals surface area contributed by atoms with E-state index < -0.39 is 40.3 Å². The molecule has 1 atom stereocenters. The van der Waals surface area contributed by atoms with Crippen molar-refractivity contribution in [3.63, 3.8) is 0 Å². The van der Waals surface area contributed by atoms with Gasteiger partial charge in [0.25, 0.3) is 0 Å². The average Bonchev–Trinajstić information content (AvgIpc) is 2.84. The number of fused-ring (bicyclic) bond motifs is 1. The molecule has 1 saturated heterocycles. The zero-order valence-corrected chi connectivity index (χ0v) is 21.3. The molecule has 1 fully saturated rings. The summed E-state index contributed by atoms with van der Waals surface area (Å²) in [4.78, 5) is 27.9. The molecule has 38 heavy (non-hydrogen) atoms. The van der Waals surface area contributed by atoms with Crippen LogP contribution in [0.15, 0.2) is 41.3 Å². The number of thiocarbonyl (C=S) groups is 1. The first kappa shape index (κ1) is 27.5. The van der Waals surface area contributed by atoms with Crippen LogP contribution in [0.1, 0.15) is 35.3 Å². The molecule has 2 heterocycles. The van der Waals surface area contributed by atoms with Crippen molar-refractivity contribution in [2.45, 2.75) is 39.0 Å². The fourth-order valence-corrected chi connectivity index (χ4v) is 5.23. The monoisotopic (exact) mass is 553 g/mol. The number of carboxylic acid groups (broad SMARTS) is 1. The molecular weight excluding hydrogens is 529 g/mol. The molecule has 0 bridgehead atoms. The summed E-state index contributed by atoms with van der Waals surface area (Å²) in [6, 6.07) is 5.35. The number of rotatable bonds is 5. The minimum Gasteiger partial charge on any atom is -0.477 e. The van der Waals surface area contributed by atoms with Gasteiger partial charge < -0.3 is 19.5 Å². The number of aryl methyl sites for hydroxylation is 1. The Hall–Kier alpha value is -3.54. The molecule has 1 unspecified atom stereocenters. The number of piperazine rings is 1. The molecule has 1 aliphatic rings. The first-order valence-corrected chi connectivity index (χ1v) is 12.2. The fourth-order valence-electron chi connectivity index (χ4n) is 4.79. The standard InChI is InChI=1S/C26H24F5N3O3S/c1-3-32-13-18(25(36)37)24(35)17-11-19(27)23(21(28)22(17)32)33-8-9-34(14(2)12-33)20(38)10-15-4-6-16(7-5-15)26(29,30)31/h4-7,11,13-14H,3,8-10,12H2,1-2H3,(H,36,37). The highest BCUT2D eigenvalue weighted by Crippen LogP contribution is 2.32. The number of carbonyl (C=O) groups is 1. The molecule has 0 saturated carbocycles. The van der Waals surface area contributed by atoms with E-state index in [4.69, 9.17) is 12.2 Å². The van der Waals surface area contributed by atoms with Crippen LogP contribution in [0.2, 0.25) is 0 Å². The van der Waals surface area contributed by atoms with E-state index in [1.54, 1.807) is 6.92 Å². The van der Waals surface area contributed by atoms with Crippen LogP contribution in [-0.4, -0.2) is 51.2 Å². The van der Waals surface area contributed by atoms with Gasteiger partial charge in [-0.15, -0.1) is 0 Å². The largest absolute Gasteiger partial charge is 0.477 e. The molecule has 1 aromatic heterocycles. The summed E-state index contributed by atoms with van der Waals surface area (Å²) < 4.78 is 70.7. The lowest BCUT2D eigenvalue weighted by Gasteiger charge is -2.42. The highest BCUT2D eigenvalue weighted by Gasteiger charge is 2.32. The van der Waals surface area contributed by atoms with Gasteiger partial charge >= 0.3 is 12.1 Å². The molecule has 0 aliphatic carbocycles. The maximum absolute atomic E-state index is 15.8. The highest BCUT2D eigenvalue weighted by molar-refractivity contribution is 7.80. The molecule has 202 valence electrons. The first-order chi connectivity index (χ1) is 17.8. The summed E-state index contributed by atoms with van der Waals surface area (Å²) in [7, 11) is 0. The van der Waals surface area contributed by atoms with Gasteiger partial charge in [-0.05, 0) is 37.6 Å². The van der Waals surface area contributed by atoms with Crippen molar-refractivity contribution in [1.82, 2.24) is 9.47 Å². The Morgan fingerprint density at radius 1 is 1.16 bits per heavy atom. The van der Waals surface area contributed by atoms with Crippen LogP contribution in [0.4, 0.5) is 27.6 Å². The molecular formula is C26H24F5N3O3S. The van der Waals surface area contributed by atoms with Crippen molar-refractivity contribution >= 4 is 39.8 Å². The Labute approximate surface area is 219 Å². The van der Waals surface area contributed by atoms with Gasteiger partial charge in [0.2, 0.25) is 5.43 Å². The van der Waals surface area contributed by atoms with E-state index >= 15 is 8.78 Å². The number of aromatic nitrogens is 1. The Morgan fingerprint density at radius 3 is 2.37 bits per heavy atom. The van der Waals surface area contributed by atoms with Gasteiger partial charge in [-0.2, -0.15) is 13.2 Å². The van der Waals surface area contributed by atoms with Crippen LogP contribution in [0, 0.1) is 11.6 Å². The van der Waals surface area contributed by atoms with Crippen LogP contribution < -0.4 is 10.3 Å². The Balaban J connectivity index is 1.58. The molecule has 1 aliphatic heterocycles. The number of hydrogen-bond acceptors (Lipinski definition) is 4. The predicted molar refractivity (Wildman–Crippen MR) is 137 cm³/mol. The molecule has 3 aromatic rings. The Morgan fingerprint density at radius 2 is 1.82 bits per heavy atom. The molecule has 2 aromatic carbocycles. The lowest BCUT2D eigenvalue weighted by molar-refractivity contribution is -0.137. The van der Waals surface area contributed by atoms with E-state index in [9.17, 15) is 27.9 Å². The number of halogens is 5. The van der Waals surface area contributed by atoms with Crippen molar-refractivity contribution in [2.24, 2.45) is 0 Å². The lowest BCUT2D eigenvalue weighted by Crippen LogP contribution is -2.54. The van der Waals surface area contributed by atoms with Gasteiger partial charge in [0, 0.05) is 44.8 Å². The summed E-state index contributed by atoms with van der Waals surface area (Å²) in [5.41, 5.74) is -2.17. The maximum Gasteiger partial charge on any atom is 0.416 e. The smallest absolute Gasteiger partial charge is 0.416 e. The quantitative estimate of drug-likeness (QED) is 0.351. The van der Waals surface area contributed by atoms with Gasteiger partial charge in [-0.3, -0.25) is 4.79 Å². The van der Waals surface area contributed by atoms with Gasteiger partial charge in [-0.1, -0.05) is 24.4 Å². The van der Waals surface area contributed by atoms with Crippen LogP contribution >= 0.6 is 12.2 Å². The maximum atomic E-state index is 15.8. The van der Waals surface area contributed by atoms with E-state index in [1.807, 2.05) is 11.8 Å². The fraction of sp³-hybridized carbons (Fsp3) is 0.346. The number of anilines is 1. The zero-order valence-electron chi connectivity index (χ0n) is 20.5. The van der Waals surface area contributed by atoms with Gasteiger partial charge in [0.1, 0.15) is 17.1 Å². The second-order valence-electron chi connectivity index (χ2n) is 9.13. The molecule has 0 radical (unpaired) electrons. The topological polar surface area (TPSA) is 65.8 Å². The van der Waals surface area contributed by atoms with Gasteiger partial charge in [0.15, 0.2) is 5.82 Å². The number of pyridine rings is 1. The Bertz CT molecular complexity index is 1470. The van der Waals surface area contributed by atoms with E-state index in [0.717, 1.165) is 24.4 Å². The van der Waals surface area contributed by atoms with Crippen LogP contribution in [0.3, 0.4) is 0 Å². The summed E-state index contributed by atoms with van der Waals surface area (Å²) in [6.45, 7) is 4.33. The average molecular weight is 554 g/mol. The van der Waals surface area contributed by atoms with Crippen molar-refractivity contribution in [2.75, 3.05) is 24.5 Å². The predicted octanol–water partition coefficient (Wildman–Crippen LogP) is 5.10. The summed E-state index contributed by atoms with van der Waals surface area (Å²) in [5, 5.41) is 8.96. The van der Waals surface area contributed by atoms with Crippen molar-refractivity contribution in [3.8, 4) is 0 Å². The van der Waals surface area contributed by atoms with Crippen LogP contribution in [0.5, 0.6) is 0 Å². The van der Waals surface area contributed by atoms with Crippen LogP contribution in [-0.2, 0) is 19.1 Å². The minimum absolute atomic E-state index is 0.154. The van der Waals surface area contributed by atoms with Crippen LogP contribution in [0.25, 0.3) is 10.9 Å². The van der Waals surface area contributed by atoms with Gasteiger partial charge in [-0.25, -0.2) is 13.6 Å². The summed E-state index contributed by atoms with van der Waals surface area (Å²) in [6.07, 6.45) is -3.13. The third kappa shape index (κ3) is 5.09. The van der Waals surface area contributed by atoms with E-state index in [-0.39, 0.29) is 48.7 Å². The first-order valence-electron chi connectivity index (χ1n) is 11.8. The number of alkyl halides is 3. The second-order valence-corrected chi connectivity index (χ2v) is 9.61. The van der Waals surface area contributed by atoms with E-state index in [2.05, 4.69) is 0 Å². The summed E-state index contributed by atoms with van der Waals surface area (Å²) in [5.74, 6) is -3.42. The summed E-state index contributed by atoms with van der Waals surface area (Å²) >= 11 is 5.54. The van der Waals surface area contributed by atoms with Crippen molar-refractivity contribution < 1.29 is 31.9 Å². The highest BCUT2D eigenvalue weighted by atomic mass is 32.1. The van der Waals surface area contributed by atoms with Crippen molar-refractivity contribution in [3.05, 3.63) is 75.1 Å². The number of benzene rings is 2. The number of aromatic carboxylic acids is 1. The lowest BCUT2D eigenvalue weighted by atomic mass is 10.1. The number of nitrogens with zero attached hydrogens (tertiary/aromatic N) is 3. The minimum atomic E-state index is -4.43. The van der Waals surface area contributed by atoms with Crippen molar-refractivity contribution in [1.29, 1.82) is 0 Å². The molecule has 0 amide bonds. The van der Waals surface area contributed by atoms with Gasteiger partial charge in [0.05, 0.1) is 21.5 Å². The number of carboxylic acids is 1. The molecule has 6 nitrogen and oxygen atoms in total. The SMILES string of the molecule is CCn1cc(C(=O)O)c(=O)c2cc(F)c(N3CCN(C(=S)Cc4ccc(C(F)(F)F)cc4)C(C)C3)c(F)c21. The third-order valence-corrected chi connectivity index (χ3v) is 7.08. The molecule has 0 spiro atoms. The third-order valence-electron chi connectivity index (χ3n) is 6.70. The van der Waals surface area contributed by atoms with E-state index in [0.29, 0.717) is 17.1 Å². The second kappa shape index (κ2) is 10.3. The normalized spacial score (nSPS) is 16.2. The Kier molecular flexibility index (Phi) is 7.46. The number of hydrogen-bond donors (Lipinski definition) is 1. The molecule has 4 rings (SSSR count). The van der Waals surface area contributed by atoms with E-state index in [1.165, 1.54) is 21.6 Å². The molecule has 1 N–H and O–H groups in total.